The monoisotopic (exact) mass is 310 g/mol. The molecular weight excluding hydrogens is 298 g/mol. The molecule has 0 bridgehead atoms. The van der Waals surface area contributed by atoms with Gasteiger partial charge in [0.15, 0.2) is 0 Å². The Morgan fingerprint density at radius 1 is 1.22 bits per heavy atom. The van der Waals surface area contributed by atoms with E-state index >= 15 is 0 Å². The summed E-state index contributed by atoms with van der Waals surface area (Å²) >= 11 is 17.8. The van der Waals surface area contributed by atoms with Gasteiger partial charge < -0.3 is 14.6 Å². The molecule has 1 aromatic carbocycles. The van der Waals surface area contributed by atoms with E-state index in [0.29, 0.717) is 33.8 Å². The van der Waals surface area contributed by atoms with Gasteiger partial charge in [-0.3, -0.25) is 0 Å². The predicted octanol–water partition coefficient (Wildman–Crippen LogP) is 3.56. The fraction of sp³-hybridized carbons (Fsp3) is 0.500. The number of aliphatic hydroxyl groups excluding tert-OH is 1. The minimum atomic E-state index is -0.489. The van der Waals surface area contributed by atoms with Crippen molar-refractivity contribution in [2.45, 2.75) is 31.7 Å². The van der Waals surface area contributed by atoms with Crippen LogP contribution in [0.3, 0.4) is 0 Å². The Morgan fingerprint density at radius 2 is 1.89 bits per heavy atom. The van der Waals surface area contributed by atoms with Crippen molar-refractivity contribution in [3.8, 4) is 5.75 Å². The zero-order chi connectivity index (χ0) is 13.3. The molecule has 1 N–H and O–H groups in total. The zero-order valence-corrected chi connectivity index (χ0v) is 12.0. The lowest BCUT2D eigenvalue weighted by Crippen LogP contribution is -2.55. The first-order chi connectivity index (χ1) is 8.52. The van der Waals surface area contributed by atoms with E-state index in [1.807, 2.05) is 6.92 Å². The first kappa shape index (κ1) is 14.2. The van der Waals surface area contributed by atoms with Gasteiger partial charge in [0.2, 0.25) is 0 Å². The Labute approximate surface area is 121 Å². The number of benzene rings is 1. The molecule has 0 radical (unpaired) electrons. The van der Waals surface area contributed by atoms with E-state index in [4.69, 9.17) is 44.3 Å². The van der Waals surface area contributed by atoms with Crippen LogP contribution >= 0.6 is 34.8 Å². The molecule has 0 spiro atoms. The van der Waals surface area contributed by atoms with Crippen LogP contribution in [0.15, 0.2) is 12.1 Å². The third kappa shape index (κ3) is 2.86. The average molecular weight is 312 g/mol. The summed E-state index contributed by atoms with van der Waals surface area (Å²) in [5, 5.41) is 10.7. The summed E-state index contributed by atoms with van der Waals surface area (Å²) in [4.78, 5) is 0. The Morgan fingerprint density at radius 3 is 2.50 bits per heavy atom. The summed E-state index contributed by atoms with van der Waals surface area (Å²) in [7, 11) is 0. The molecule has 6 heteroatoms. The molecule has 1 aromatic rings. The van der Waals surface area contributed by atoms with Crippen LogP contribution in [-0.2, 0) is 4.74 Å². The van der Waals surface area contributed by atoms with E-state index in [0.717, 1.165) is 0 Å². The molecule has 0 heterocycles. The lowest BCUT2D eigenvalue weighted by atomic mass is 9.88. The molecule has 18 heavy (non-hydrogen) atoms. The van der Waals surface area contributed by atoms with Crippen molar-refractivity contribution in [1.29, 1.82) is 0 Å². The molecule has 3 atom stereocenters. The highest BCUT2D eigenvalue weighted by molar-refractivity contribution is 6.43. The number of halogens is 3. The van der Waals surface area contributed by atoms with Crippen LogP contribution in [-0.4, -0.2) is 30.0 Å². The molecule has 3 unspecified atom stereocenters. The first-order valence-corrected chi connectivity index (χ1v) is 6.77. The van der Waals surface area contributed by atoms with E-state index in [-0.39, 0.29) is 12.2 Å². The van der Waals surface area contributed by atoms with Crippen LogP contribution in [0, 0.1) is 0 Å². The fourth-order valence-corrected chi connectivity index (χ4v) is 2.42. The first-order valence-electron chi connectivity index (χ1n) is 5.63. The van der Waals surface area contributed by atoms with Crippen molar-refractivity contribution in [1.82, 2.24) is 0 Å². The minimum Gasteiger partial charge on any atom is -0.486 e. The number of ether oxygens (including phenoxy) is 2. The number of aliphatic hydroxyl groups is 1. The number of hydrogen-bond donors (Lipinski definition) is 1. The summed E-state index contributed by atoms with van der Waals surface area (Å²) in [5.41, 5.74) is 0. The molecule has 1 aliphatic rings. The zero-order valence-electron chi connectivity index (χ0n) is 9.70. The van der Waals surface area contributed by atoms with Gasteiger partial charge >= 0.3 is 0 Å². The predicted molar refractivity (Wildman–Crippen MR) is 71.9 cm³/mol. The van der Waals surface area contributed by atoms with Gasteiger partial charge in [0.1, 0.15) is 18.0 Å². The van der Waals surface area contributed by atoms with E-state index in [2.05, 4.69) is 0 Å². The Hall–Kier alpha value is -0.190. The van der Waals surface area contributed by atoms with Gasteiger partial charge in [-0.2, -0.15) is 0 Å². The van der Waals surface area contributed by atoms with Gasteiger partial charge in [-0.25, -0.2) is 0 Å². The molecule has 0 saturated heterocycles. The minimum absolute atomic E-state index is 0.213. The molecule has 3 nitrogen and oxygen atoms in total. The van der Waals surface area contributed by atoms with Crippen LogP contribution in [0.1, 0.15) is 13.3 Å². The van der Waals surface area contributed by atoms with Crippen LogP contribution in [0.2, 0.25) is 15.1 Å². The summed E-state index contributed by atoms with van der Waals surface area (Å²) < 4.78 is 11.1. The van der Waals surface area contributed by atoms with Crippen molar-refractivity contribution in [3.05, 3.63) is 27.2 Å². The molecule has 100 valence electrons. The van der Waals surface area contributed by atoms with E-state index in [1.54, 1.807) is 6.07 Å². The maximum Gasteiger partial charge on any atom is 0.140 e. The summed E-state index contributed by atoms with van der Waals surface area (Å²) in [5.74, 6) is 0.452. The highest BCUT2D eigenvalue weighted by atomic mass is 35.5. The molecule has 1 saturated carbocycles. The Balaban J connectivity index is 2.08. The van der Waals surface area contributed by atoms with Crippen LogP contribution in [0.25, 0.3) is 0 Å². The fourth-order valence-electron chi connectivity index (χ4n) is 1.84. The van der Waals surface area contributed by atoms with Gasteiger partial charge in [-0.1, -0.05) is 34.8 Å². The van der Waals surface area contributed by atoms with Crippen LogP contribution < -0.4 is 4.74 Å². The summed E-state index contributed by atoms with van der Waals surface area (Å²) in [6.07, 6.45) is -0.506. The van der Waals surface area contributed by atoms with Gasteiger partial charge in [0, 0.05) is 19.1 Å². The number of rotatable bonds is 4. The van der Waals surface area contributed by atoms with E-state index in [9.17, 15) is 5.11 Å². The lowest BCUT2D eigenvalue weighted by Gasteiger charge is -2.40. The smallest absolute Gasteiger partial charge is 0.140 e. The van der Waals surface area contributed by atoms with Gasteiger partial charge in [-0.15, -0.1) is 0 Å². The SMILES string of the molecule is CCOC1C(O)CC1Oc1cc(Cl)c(Cl)cc1Cl. The van der Waals surface area contributed by atoms with E-state index < -0.39 is 6.10 Å². The molecule has 1 aliphatic carbocycles. The Kier molecular flexibility index (Phi) is 4.62. The van der Waals surface area contributed by atoms with Gasteiger partial charge in [0.25, 0.3) is 0 Å². The van der Waals surface area contributed by atoms with Crippen LogP contribution in [0.5, 0.6) is 5.75 Å². The molecule has 2 rings (SSSR count). The second kappa shape index (κ2) is 5.85. The molecule has 0 amide bonds. The number of hydrogen-bond acceptors (Lipinski definition) is 3. The highest BCUT2D eigenvalue weighted by Crippen LogP contribution is 2.37. The lowest BCUT2D eigenvalue weighted by molar-refractivity contribution is -0.160. The van der Waals surface area contributed by atoms with Gasteiger partial charge in [0.05, 0.1) is 21.2 Å². The van der Waals surface area contributed by atoms with E-state index in [1.165, 1.54) is 6.07 Å². The highest BCUT2D eigenvalue weighted by Gasteiger charge is 2.43. The average Bonchev–Trinajstić information content (AvgIpc) is 2.32. The summed E-state index contributed by atoms with van der Waals surface area (Å²) in [6, 6.07) is 3.10. The van der Waals surface area contributed by atoms with Gasteiger partial charge in [-0.05, 0) is 13.0 Å². The molecule has 0 aromatic heterocycles. The second-order valence-corrected chi connectivity index (χ2v) is 5.30. The van der Waals surface area contributed by atoms with Crippen molar-refractivity contribution < 1.29 is 14.6 Å². The van der Waals surface area contributed by atoms with Crippen LogP contribution in [0.4, 0.5) is 0 Å². The maximum atomic E-state index is 9.57. The van der Waals surface area contributed by atoms with Crippen molar-refractivity contribution in [2.75, 3.05) is 6.61 Å². The van der Waals surface area contributed by atoms with Crippen molar-refractivity contribution >= 4 is 34.8 Å². The quantitative estimate of drug-likeness (QED) is 0.864. The standard InChI is InChI=1S/C12H13Cl3O3/c1-2-17-12-9(16)5-11(12)18-10-4-7(14)6(13)3-8(10)15/h3-4,9,11-12,16H,2,5H2,1H3. The second-order valence-electron chi connectivity index (χ2n) is 4.08. The summed E-state index contributed by atoms with van der Waals surface area (Å²) in [6.45, 7) is 2.39. The molecule has 0 aliphatic heterocycles. The third-order valence-electron chi connectivity index (χ3n) is 2.83. The van der Waals surface area contributed by atoms with Crippen molar-refractivity contribution in [2.24, 2.45) is 0 Å². The molecular formula is C12H13Cl3O3. The molecule has 1 fully saturated rings. The third-order valence-corrected chi connectivity index (χ3v) is 3.85. The maximum absolute atomic E-state index is 9.57. The topological polar surface area (TPSA) is 38.7 Å². The largest absolute Gasteiger partial charge is 0.486 e. The normalized spacial score (nSPS) is 26.8. The van der Waals surface area contributed by atoms with Crippen molar-refractivity contribution in [3.63, 3.8) is 0 Å². The Bertz CT molecular complexity index is 439.